The van der Waals surface area contributed by atoms with Crippen LogP contribution in [-0.2, 0) is 0 Å². The van der Waals surface area contributed by atoms with Crippen molar-refractivity contribution in [3.63, 3.8) is 0 Å². The van der Waals surface area contributed by atoms with Gasteiger partial charge in [-0.2, -0.15) is 0 Å². The molecule has 0 aliphatic rings. The molecule has 8 heavy (non-hydrogen) atoms. The topological polar surface area (TPSA) is 20.2 Å². The fourth-order valence-electron chi connectivity index (χ4n) is 0.354. The third kappa shape index (κ3) is 38.2. The second-order valence-corrected chi connectivity index (χ2v) is 1.35. The minimum Gasteiger partial charge on any atom is -0.400 e. The van der Waals surface area contributed by atoms with Gasteiger partial charge in [0.05, 0.1) is 0 Å². The molecule has 0 aromatic rings. The highest BCUT2D eigenvalue weighted by molar-refractivity contribution is 4.24. The molecule has 1 heteroatoms. The van der Waals surface area contributed by atoms with Crippen LogP contribution in [0.3, 0.4) is 0 Å². The van der Waals surface area contributed by atoms with E-state index in [1.165, 1.54) is 19.3 Å². The van der Waals surface area contributed by atoms with Crippen molar-refractivity contribution in [2.75, 3.05) is 7.11 Å². The summed E-state index contributed by atoms with van der Waals surface area (Å²) in [6.07, 6.45) is 4.08. The number of hydrogen-bond donors (Lipinski definition) is 1. The fourth-order valence-corrected chi connectivity index (χ4v) is 0.354. The van der Waals surface area contributed by atoms with E-state index in [9.17, 15) is 0 Å². The van der Waals surface area contributed by atoms with Crippen LogP contribution in [0.4, 0.5) is 0 Å². The summed E-state index contributed by atoms with van der Waals surface area (Å²) in [5.41, 5.74) is 0. The Labute approximate surface area is 53.7 Å². The van der Waals surface area contributed by atoms with Crippen molar-refractivity contribution in [3.05, 3.63) is 0 Å². The molecule has 0 amide bonds. The molecule has 0 aliphatic heterocycles. The van der Waals surface area contributed by atoms with Gasteiger partial charge in [-0.25, -0.2) is 0 Å². The molecule has 0 saturated heterocycles. The van der Waals surface area contributed by atoms with E-state index >= 15 is 0 Å². The molecular weight excluding hydrogens is 100 g/mol. The van der Waals surface area contributed by atoms with E-state index < -0.39 is 0 Å². The molecule has 0 aromatic heterocycles. The van der Waals surface area contributed by atoms with E-state index in [0.29, 0.717) is 0 Å². The summed E-state index contributed by atoms with van der Waals surface area (Å²) >= 11 is 0. The first-order valence-corrected chi connectivity index (χ1v) is 2.86. The lowest BCUT2D eigenvalue weighted by atomic mass is 10.3. The third-order valence-electron chi connectivity index (χ3n) is 0.707. The Bertz CT molecular complexity index is 11.9. The molecule has 0 aromatic carbocycles. The van der Waals surface area contributed by atoms with Gasteiger partial charge in [0.2, 0.25) is 0 Å². The normalized spacial score (nSPS) is 6.00. The van der Waals surface area contributed by atoms with Gasteiger partial charge in [0.1, 0.15) is 0 Å². The first kappa shape index (κ1) is 15.7. The van der Waals surface area contributed by atoms with E-state index in [-0.39, 0.29) is 7.43 Å². The molecule has 0 unspecified atom stereocenters. The van der Waals surface area contributed by atoms with Gasteiger partial charge < -0.3 is 5.11 Å². The van der Waals surface area contributed by atoms with Gasteiger partial charge in [-0.3, -0.25) is 0 Å². The van der Waals surface area contributed by atoms with E-state index in [0.717, 1.165) is 7.11 Å². The van der Waals surface area contributed by atoms with E-state index in [4.69, 9.17) is 5.11 Å². The van der Waals surface area contributed by atoms with E-state index in [1.54, 1.807) is 0 Å². The van der Waals surface area contributed by atoms with Crippen LogP contribution in [0.2, 0.25) is 0 Å². The van der Waals surface area contributed by atoms with Gasteiger partial charge in [-0.15, -0.1) is 0 Å². The molecule has 0 heterocycles. The van der Waals surface area contributed by atoms with Gasteiger partial charge in [0, 0.05) is 7.11 Å². The lowest BCUT2D eigenvalue weighted by Crippen LogP contribution is -1.59. The monoisotopic (exact) mass is 120 g/mol. The first-order valence-electron chi connectivity index (χ1n) is 2.86. The molecule has 0 bridgehead atoms. The molecule has 0 saturated carbocycles. The van der Waals surface area contributed by atoms with E-state index in [1.807, 2.05) is 0 Å². The van der Waals surface area contributed by atoms with Crippen LogP contribution < -0.4 is 0 Å². The fraction of sp³-hybridized carbons (Fsp3) is 1.00. The molecule has 1 nitrogen and oxygen atoms in total. The van der Waals surface area contributed by atoms with Crippen molar-refractivity contribution < 1.29 is 5.11 Å². The van der Waals surface area contributed by atoms with Crippen LogP contribution >= 0.6 is 0 Å². The average molecular weight is 120 g/mol. The largest absolute Gasteiger partial charge is 0.400 e. The predicted octanol–water partition coefficient (Wildman–Crippen LogP) is 2.44. The second kappa shape index (κ2) is 28.2. The number of unbranched alkanes of at least 4 members (excludes halogenated alkanes) is 2. The molecule has 0 spiro atoms. The van der Waals surface area contributed by atoms with Gasteiger partial charge in [-0.1, -0.05) is 40.5 Å². The average Bonchev–Trinajstić information content (AvgIpc) is 1.75. The van der Waals surface area contributed by atoms with Gasteiger partial charge >= 0.3 is 0 Å². The number of aliphatic hydroxyl groups is 1. The summed E-state index contributed by atoms with van der Waals surface area (Å²) in [7, 11) is 1.00. The number of hydrogen-bond acceptors (Lipinski definition) is 1. The van der Waals surface area contributed by atoms with Crippen LogP contribution in [0.15, 0.2) is 0 Å². The zero-order chi connectivity index (χ0) is 6.12. The van der Waals surface area contributed by atoms with Gasteiger partial charge in [0.25, 0.3) is 0 Å². The van der Waals surface area contributed by atoms with Gasteiger partial charge in [-0.05, 0) is 0 Å². The maximum Gasteiger partial charge on any atom is 0.0319 e. The Morgan fingerprint density at radius 1 is 1.00 bits per heavy atom. The molecule has 0 atom stereocenters. The lowest BCUT2D eigenvalue weighted by molar-refractivity contribution is 0.399. The van der Waals surface area contributed by atoms with Crippen LogP contribution in [-0.4, -0.2) is 12.2 Å². The van der Waals surface area contributed by atoms with Crippen LogP contribution in [0.25, 0.3) is 0 Å². The molecule has 0 rings (SSSR count). The van der Waals surface area contributed by atoms with Crippen LogP contribution in [0, 0.1) is 0 Å². The second-order valence-electron chi connectivity index (χ2n) is 1.35. The Kier molecular flexibility index (Phi) is 55.3. The Hall–Kier alpha value is -0.0400. The minimum absolute atomic E-state index is 0. The molecule has 1 N–H and O–H groups in total. The lowest BCUT2D eigenvalue weighted by Gasteiger charge is -1.79. The summed E-state index contributed by atoms with van der Waals surface area (Å²) in [5, 5.41) is 7.00. The maximum absolute atomic E-state index is 7.00. The zero-order valence-electron chi connectivity index (χ0n) is 5.57. The summed E-state index contributed by atoms with van der Waals surface area (Å²) in [5.74, 6) is 0. The van der Waals surface area contributed by atoms with Crippen molar-refractivity contribution in [2.24, 2.45) is 0 Å². The molecule has 0 radical (unpaired) electrons. The minimum atomic E-state index is 0. The summed E-state index contributed by atoms with van der Waals surface area (Å²) in [6.45, 7) is 4.42. The van der Waals surface area contributed by atoms with Crippen molar-refractivity contribution >= 4 is 0 Å². The van der Waals surface area contributed by atoms with Gasteiger partial charge in [0.15, 0.2) is 0 Å². The van der Waals surface area contributed by atoms with E-state index in [2.05, 4.69) is 13.8 Å². The van der Waals surface area contributed by atoms with Crippen molar-refractivity contribution in [1.82, 2.24) is 0 Å². The van der Waals surface area contributed by atoms with Crippen molar-refractivity contribution in [1.29, 1.82) is 0 Å². The van der Waals surface area contributed by atoms with Crippen molar-refractivity contribution in [3.8, 4) is 0 Å². The highest BCUT2D eigenvalue weighted by atomic mass is 16.2. The smallest absolute Gasteiger partial charge is 0.0319 e. The molecule has 0 aliphatic carbocycles. The third-order valence-corrected chi connectivity index (χ3v) is 0.707. The molecule has 54 valence electrons. The first-order chi connectivity index (χ1) is 3.41. The Morgan fingerprint density at radius 3 is 1.25 bits per heavy atom. The Balaban J connectivity index is -0.0000000750. The summed E-state index contributed by atoms with van der Waals surface area (Å²) in [6, 6.07) is 0. The summed E-state index contributed by atoms with van der Waals surface area (Å²) < 4.78 is 0. The maximum atomic E-state index is 7.00. The highest BCUT2D eigenvalue weighted by Gasteiger charge is 1.68. The highest BCUT2D eigenvalue weighted by Crippen LogP contribution is 1.88. The predicted molar refractivity (Wildman–Crippen MR) is 40.1 cm³/mol. The van der Waals surface area contributed by atoms with Crippen LogP contribution in [0.1, 0.15) is 40.5 Å². The van der Waals surface area contributed by atoms with Crippen LogP contribution in [0.5, 0.6) is 0 Å². The van der Waals surface area contributed by atoms with Crippen molar-refractivity contribution in [2.45, 2.75) is 40.5 Å². The number of rotatable bonds is 2. The number of aliphatic hydroxyl groups excluding tert-OH is 1. The standard InChI is InChI=1S/C5H12.CH4O.CH4/c1-3-5-4-2;1-2;/h3-5H2,1-2H3;2H,1H3;1H4. The Morgan fingerprint density at radius 2 is 1.25 bits per heavy atom. The molecular formula is C7H20O. The zero-order valence-corrected chi connectivity index (χ0v) is 5.57. The SMILES string of the molecule is C.CCCCC.CO. The quantitative estimate of drug-likeness (QED) is 0.593. The molecule has 0 fully saturated rings. The summed E-state index contributed by atoms with van der Waals surface area (Å²) in [4.78, 5) is 0.